The third kappa shape index (κ3) is 4.69. The second-order valence-corrected chi connectivity index (χ2v) is 5.50. The molecule has 0 saturated heterocycles. The summed E-state index contributed by atoms with van der Waals surface area (Å²) in [7, 11) is 0. The molecule has 2 nitrogen and oxygen atoms in total. The van der Waals surface area contributed by atoms with Crippen molar-refractivity contribution in [3.8, 4) is 12.3 Å². The van der Waals surface area contributed by atoms with E-state index in [1.807, 2.05) is 0 Å². The van der Waals surface area contributed by atoms with Crippen LogP contribution in [0.4, 0.5) is 0 Å². The van der Waals surface area contributed by atoms with E-state index in [0.29, 0.717) is 5.41 Å². The van der Waals surface area contributed by atoms with Gasteiger partial charge in [0.25, 0.3) is 0 Å². The Kier molecular flexibility index (Phi) is 6.62. The average Bonchev–Trinajstić information content (AvgIpc) is 2.38. The van der Waals surface area contributed by atoms with E-state index in [-0.39, 0.29) is 0 Å². The van der Waals surface area contributed by atoms with Crippen molar-refractivity contribution in [2.75, 3.05) is 26.2 Å². The summed E-state index contributed by atoms with van der Waals surface area (Å²) < 4.78 is 0. The highest BCUT2D eigenvalue weighted by molar-refractivity contribution is 4.90. The first-order chi connectivity index (χ1) is 8.26. The van der Waals surface area contributed by atoms with Crippen LogP contribution in [0.3, 0.4) is 0 Å². The zero-order valence-electron chi connectivity index (χ0n) is 11.4. The molecule has 0 radical (unpaired) electrons. The molecular weight excluding hydrogens is 208 g/mol. The smallest absolute Gasteiger partial charge is 0.0598 e. The number of terminal acetylenes is 1. The number of hydrogen-bond acceptors (Lipinski definition) is 2. The van der Waals surface area contributed by atoms with Gasteiger partial charge in [0.05, 0.1) is 6.54 Å². The third-order valence-corrected chi connectivity index (χ3v) is 4.16. The minimum atomic E-state index is 0.416. The summed E-state index contributed by atoms with van der Waals surface area (Å²) in [5, 5.41) is 0. The Bertz CT molecular complexity index is 236. The van der Waals surface area contributed by atoms with Crippen LogP contribution < -0.4 is 5.73 Å². The molecule has 0 amide bonds. The second-order valence-electron chi connectivity index (χ2n) is 5.50. The molecule has 2 heteroatoms. The summed E-state index contributed by atoms with van der Waals surface area (Å²) in [6.07, 6.45) is 14.6. The number of rotatable bonds is 7. The van der Waals surface area contributed by atoms with Crippen LogP contribution in [0.2, 0.25) is 0 Å². The quantitative estimate of drug-likeness (QED) is 0.689. The summed E-state index contributed by atoms with van der Waals surface area (Å²) in [6.45, 7) is 6.08. The molecule has 1 fully saturated rings. The van der Waals surface area contributed by atoms with E-state index in [1.54, 1.807) is 0 Å². The molecule has 1 rings (SSSR count). The van der Waals surface area contributed by atoms with Crippen LogP contribution in [0.15, 0.2) is 0 Å². The Balaban J connectivity index is 2.41. The fourth-order valence-corrected chi connectivity index (χ4v) is 2.97. The van der Waals surface area contributed by atoms with Gasteiger partial charge in [0.15, 0.2) is 0 Å². The van der Waals surface area contributed by atoms with Crippen molar-refractivity contribution in [1.82, 2.24) is 4.90 Å². The first kappa shape index (κ1) is 14.5. The molecule has 0 aromatic rings. The first-order valence-electron chi connectivity index (χ1n) is 7.12. The number of nitrogens with two attached hydrogens (primary N) is 1. The van der Waals surface area contributed by atoms with Crippen molar-refractivity contribution in [2.24, 2.45) is 11.1 Å². The summed E-state index contributed by atoms with van der Waals surface area (Å²) in [4.78, 5) is 2.39. The lowest BCUT2D eigenvalue weighted by Crippen LogP contribution is -2.37. The van der Waals surface area contributed by atoms with E-state index in [4.69, 9.17) is 12.2 Å². The van der Waals surface area contributed by atoms with Crippen molar-refractivity contribution in [3.63, 3.8) is 0 Å². The predicted octanol–water partition coefficient (Wildman–Crippen LogP) is 2.63. The lowest BCUT2D eigenvalue weighted by molar-refractivity contribution is 0.152. The van der Waals surface area contributed by atoms with Crippen LogP contribution in [-0.2, 0) is 0 Å². The predicted molar refractivity (Wildman–Crippen MR) is 74.8 cm³/mol. The van der Waals surface area contributed by atoms with Gasteiger partial charge < -0.3 is 5.73 Å². The summed E-state index contributed by atoms with van der Waals surface area (Å²) >= 11 is 0. The lowest BCUT2D eigenvalue weighted by atomic mass is 9.72. The van der Waals surface area contributed by atoms with Gasteiger partial charge in [0, 0.05) is 0 Å². The van der Waals surface area contributed by atoms with Gasteiger partial charge in [0.1, 0.15) is 0 Å². The van der Waals surface area contributed by atoms with E-state index in [1.165, 1.54) is 44.9 Å². The monoisotopic (exact) mass is 236 g/mol. The summed E-state index contributed by atoms with van der Waals surface area (Å²) in [5.74, 6) is 2.77. The maximum atomic E-state index is 6.01. The van der Waals surface area contributed by atoms with Gasteiger partial charge in [-0.15, -0.1) is 6.42 Å². The number of hydrogen-bond donors (Lipinski definition) is 1. The molecule has 0 atom stereocenters. The van der Waals surface area contributed by atoms with Gasteiger partial charge in [-0.25, -0.2) is 0 Å². The highest BCUT2D eigenvalue weighted by Gasteiger charge is 2.30. The molecule has 1 aliphatic carbocycles. The minimum Gasteiger partial charge on any atom is -0.330 e. The molecule has 0 spiro atoms. The van der Waals surface area contributed by atoms with Gasteiger partial charge in [-0.2, -0.15) is 0 Å². The standard InChI is InChI=1S/C15H28N2/c1-3-11-17(12-4-2)13-10-15(14-16)8-6-5-7-9-15/h1H,4-14,16H2,2H3. The Morgan fingerprint density at radius 3 is 2.47 bits per heavy atom. The molecule has 98 valence electrons. The SMILES string of the molecule is C#CCN(CCC)CCC1(CN)CCCCC1. The molecule has 0 heterocycles. The van der Waals surface area contributed by atoms with Crippen molar-refractivity contribution >= 4 is 0 Å². The Morgan fingerprint density at radius 2 is 1.94 bits per heavy atom. The Hall–Kier alpha value is -0.520. The van der Waals surface area contributed by atoms with Crippen LogP contribution in [0.1, 0.15) is 51.9 Å². The molecule has 0 aliphatic heterocycles. The van der Waals surface area contributed by atoms with Gasteiger partial charge in [0.2, 0.25) is 0 Å². The normalized spacial score (nSPS) is 19.2. The van der Waals surface area contributed by atoms with Crippen LogP contribution in [0.25, 0.3) is 0 Å². The zero-order valence-corrected chi connectivity index (χ0v) is 11.4. The fraction of sp³-hybridized carbons (Fsp3) is 0.867. The maximum Gasteiger partial charge on any atom is 0.0598 e. The van der Waals surface area contributed by atoms with E-state index in [2.05, 4.69) is 17.7 Å². The molecule has 1 aliphatic rings. The van der Waals surface area contributed by atoms with E-state index >= 15 is 0 Å². The number of nitrogens with zero attached hydrogens (tertiary/aromatic N) is 1. The van der Waals surface area contributed by atoms with Gasteiger partial charge in [-0.3, -0.25) is 4.90 Å². The molecule has 17 heavy (non-hydrogen) atoms. The Morgan fingerprint density at radius 1 is 1.24 bits per heavy atom. The van der Waals surface area contributed by atoms with E-state index in [9.17, 15) is 0 Å². The van der Waals surface area contributed by atoms with Crippen LogP contribution >= 0.6 is 0 Å². The summed E-state index contributed by atoms with van der Waals surface area (Å²) in [6, 6.07) is 0. The molecule has 0 aromatic heterocycles. The van der Waals surface area contributed by atoms with Crippen molar-refractivity contribution in [1.29, 1.82) is 0 Å². The van der Waals surface area contributed by atoms with E-state index in [0.717, 1.165) is 26.2 Å². The molecule has 0 aromatic carbocycles. The molecule has 1 saturated carbocycles. The topological polar surface area (TPSA) is 29.3 Å². The van der Waals surface area contributed by atoms with Crippen molar-refractivity contribution in [3.05, 3.63) is 0 Å². The second kappa shape index (κ2) is 7.74. The van der Waals surface area contributed by atoms with Crippen LogP contribution in [-0.4, -0.2) is 31.1 Å². The van der Waals surface area contributed by atoms with Crippen molar-refractivity contribution < 1.29 is 0 Å². The van der Waals surface area contributed by atoms with Gasteiger partial charge in [-0.1, -0.05) is 32.1 Å². The largest absolute Gasteiger partial charge is 0.330 e. The van der Waals surface area contributed by atoms with Crippen LogP contribution in [0, 0.1) is 17.8 Å². The Labute approximate surface area is 107 Å². The zero-order chi connectivity index (χ0) is 12.6. The van der Waals surface area contributed by atoms with Crippen LogP contribution in [0.5, 0.6) is 0 Å². The highest BCUT2D eigenvalue weighted by Crippen LogP contribution is 2.38. The van der Waals surface area contributed by atoms with Crippen molar-refractivity contribution in [2.45, 2.75) is 51.9 Å². The third-order valence-electron chi connectivity index (χ3n) is 4.16. The molecule has 2 N–H and O–H groups in total. The van der Waals surface area contributed by atoms with Gasteiger partial charge in [-0.05, 0) is 50.7 Å². The molecule has 0 bridgehead atoms. The fourth-order valence-electron chi connectivity index (χ4n) is 2.97. The average molecular weight is 236 g/mol. The molecule has 0 unspecified atom stereocenters. The summed E-state index contributed by atoms with van der Waals surface area (Å²) in [5.41, 5.74) is 6.43. The lowest BCUT2D eigenvalue weighted by Gasteiger charge is -2.37. The molecular formula is C15H28N2. The van der Waals surface area contributed by atoms with Gasteiger partial charge >= 0.3 is 0 Å². The minimum absolute atomic E-state index is 0.416. The first-order valence-corrected chi connectivity index (χ1v) is 7.12. The van der Waals surface area contributed by atoms with E-state index < -0.39 is 0 Å². The maximum absolute atomic E-state index is 6.01. The highest BCUT2D eigenvalue weighted by atomic mass is 15.1.